The maximum Gasteiger partial charge on any atom is 0.306 e. The first-order valence-corrected chi connectivity index (χ1v) is 33.1. The van der Waals surface area contributed by atoms with Gasteiger partial charge in [0.1, 0.15) is 13.2 Å². The largest absolute Gasteiger partial charge is 0.462 e. The van der Waals surface area contributed by atoms with Crippen LogP contribution in [0.15, 0.2) is 85.1 Å². The molecule has 0 amide bonds. The van der Waals surface area contributed by atoms with Crippen LogP contribution in [0.2, 0.25) is 0 Å². The molecule has 0 bridgehead atoms. The zero-order chi connectivity index (χ0) is 55.7. The smallest absolute Gasteiger partial charge is 0.306 e. The van der Waals surface area contributed by atoms with Gasteiger partial charge in [-0.3, -0.25) is 14.4 Å². The molecule has 0 aliphatic rings. The molecule has 0 aliphatic carbocycles. The summed E-state index contributed by atoms with van der Waals surface area (Å²) >= 11 is 0. The van der Waals surface area contributed by atoms with Gasteiger partial charge in [-0.1, -0.05) is 279 Å². The minimum absolute atomic E-state index is 0.0834. The Hall–Kier alpha value is -3.41. The Bertz CT molecular complexity index is 1470. The van der Waals surface area contributed by atoms with Crippen molar-refractivity contribution in [1.82, 2.24) is 0 Å². The van der Waals surface area contributed by atoms with E-state index in [-0.39, 0.29) is 31.1 Å². The number of esters is 3. The van der Waals surface area contributed by atoms with Crippen molar-refractivity contribution in [3.8, 4) is 0 Å². The molecule has 0 aliphatic heterocycles. The first-order valence-electron chi connectivity index (χ1n) is 33.1. The third kappa shape index (κ3) is 63.3. The van der Waals surface area contributed by atoms with Crippen LogP contribution in [-0.2, 0) is 28.6 Å². The lowest BCUT2D eigenvalue weighted by Crippen LogP contribution is -2.30. The Balaban J connectivity index is 4.39. The van der Waals surface area contributed by atoms with Gasteiger partial charge in [0.2, 0.25) is 0 Å². The molecule has 0 heterocycles. The summed E-state index contributed by atoms with van der Waals surface area (Å²) < 4.78 is 17.0. The molecule has 77 heavy (non-hydrogen) atoms. The molecular weight excluding hydrogens is 949 g/mol. The van der Waals surface area contributed by atoms with Crippen molar-refractivity contribution in [1.29, 1.82) is 0 Å². The highest BCUT2D eigenvalue weighted by atomic mass is 16.6. The molecule has 6 nitrogen and oxygen atoms in total. The van der Waals surface area contributed by atoms with Crippen LogP contribution in [0.3, 0.4) is 0 Å². The molecule has 0 aromatic heterocycles. The lowest BCUT2D eigenvalue weighted by Gasteiger charge is -2.18. The molecule has 0 saturated heterocycles. The van der Waals surface area contributed by atoms with Crippen molar-refractivity contribution < 1.29 is 28.6 Å². The van der Waals surface area contributed by atoms with Gasteiger partial charge in [0.25, 0.3) is 0 Å². The summed E-state index contributed by atoms with van der Waals surface area (Å²) in [6.45, 7) is 6.54. The number of rotatable bonds is 60. The molecule has 6 heteroatoms. The summed E-state index contributed by atoms with van der Waals surface area (Å²) in [6.07, 6.45) is 85.8. The van der Waals surface area contributed by atoms with Crippen LogP contribution in [0, 0.1) is 0 Å². The van der Waals surface area contributed by atoms with Crippen molar-refractivity contribution in [3.63, 3.8) is 0 Å². The summed E-state index contributed by atoms with van der Waals surface area (Å²) in [5.74, 6) is -0.888. The number of hydrogen-bond donors (Lipinski definition) is 0. The fourth-order valence-corrected chi connectivity index (χ4v) is 9.40. The van der Waals surface area contributed by atoms with Gasteiger partial charge in [-0.05, 0) is 116 Å². The van der Waals surface area contributed by atoms with Crippen LogP contribution < -0.4 is 0 Å². The quantitative estimate of drug-likeness (QED) is 0.0261. The summed E-state index contributed by atoms with van der Waals surface area (Å²) in [5.41, 5.74) is 0. The van der Waals surface area contributed by atoms with Gasteiger partial charge in [0.15, 0.2) is 6.10 Å². The Morgan fingerprint density at radius 1 is 0.273 bits per heavy atom. The van der Waals surface area contributed by atoms with Crippen molar-refractivity contribution >= 4 is 17.9 Å². The number of unbranched alkanes of at least 4 members (excludes halogenated alkanes) is 35. The molecule has 0 N–H and O–H groups in total. The topological polar surface area (TPSA) is 78.9 Å². The summed E-state index contributed by atoms with van der Waals surface area (Å²) in [5, 5.41) is 0. The van der Waals surface area contributed by atoms with Gasteiger partial charge in [-0.2, -0.15) is 0 Å². The SMILES string of the molecule is CC/C=C\C/C=C\C/C=C\CCCCCCCCCC(=O)OCC(COC(=O)CCCCCCCCCC/C=C\C/C=C\C/C=C\CCCCCCC)OC(=O)CCCCCCCCCCC/C=C\CCCCCCCC. The van der Waals surface area contributed by atoms with Crippen LogP contribution in [0.1, 0.15) is 329 Å². The van der Waals surface area contributed by atoms with E-state index < -0.39 is 6.10 Å². The standard InChI is InChI=1S/C71H124O6/c1-4-7-10-13-16-19-22-25-28-31-33-34-35-36-38-40-43-46-49-52-55-58-61-64-70(73)76-67-68(66-75-69(72)63-60-57-54-51-48-45-42-39-30-27-24-21-18-15-12-9-6-3)77-71(74)65-62-59-56-53-50-47-44-41-37-32-29-26-23-20-17-14-11-8-5-2/h9,12,18,21-22,25-27,29-31,33,35-36,68H,4-8,10-11,13-17,19-20,23-24,28,32,34,37-67H2,1-3H3/b12-9-,21-18-,25-22-,29-26-,30-27-,33-31-,36-35-. The van der Waals surface area contributed by atoms with E-state index in [1.165, 1.54) is 186 Å². The van der Waals surface area contributed by atoms with Crippen LogP contribution >= 0.6 is 0 Å². The van der Waals surface area contributed by atoms with E-state index in [0.29, 0.717) is 19.3 Å². The predicted octanol–water partition coefficient (Wildman–Crippen LogP) is 22.7. The van der Waals surface area contributed by atoms with Crippen molar-refractivity contribution in [2.75, 3.05) is 13.2 Å². The minimum Gasteiger partial charge on any atom is -0.462 e. The predicted molar refractivity (Wildman–Crippen MR) is 334 cm³/mol. The Morgan fingerprint density at radius 3 is 0.805 bits per heavy atom. The Kier molecular flexibility index (Phi) is 62.2. The van der Waals surface area contributed by atoms with Crippen LogP contribution in [0.4, 0.5) is 0 Å². The van der Waals surface area contributed by atoms with Gasteiger partial charge in [0, 0.05) is 19.3 Å². The summed E-state index contributed by atoms with van der Waals surface area (Å²) in [6, 6.07) is 0. The monoisotopic (exact) mass is 1070 g/mol. The highest BCUT2D eigenvalue weighted by Crippen LogP contribution is 2.16. The van der Waals surface area contributed by atoms with Crippen LogP contribution in [0.5, 0.6) is 0 Å². The van der Waals surface area contributed by atoms with Gasteiger partial charge in [-0.15, -0.1) is 0 Å². The minimum atomic E-state index is -0.787. The maximum absolute atomic E-state index is 12.9. The van der Waals surface area contributed by atoms with Crippen molar-refractivity contribution in [2.45, 2.75) is 335 Å². The van der Waals surface area contributed by atoms with E-state index in [1.807, 2.05) is 0 Å². The second-order valence-corrected chi connectivity index (χ2v) is 22.0. The molecule has 1 atom stereocenters. The average Bonchev–Trinajstić information content (AvgIpc) is 3.43. The Morgan fingerprint density at radius 2 is 0.506 bits per heavy atom. The van der Waals surface area contributed by atoms with E-state index in [1.54, 1.807) is 0 Å². The highest BCUT2D eigenvalue weighted by molar-refractivity contribution is 5.71. The molecule has 0 fully saturated rings. The lowest BCUT2D eigenvalue weighted by molar-refractivity contribution is -0.167. The number of carbonyl (C=O) groups excluding carboxylic acids is 3. The molecule has 0 saturated carbocycles. The first-order chi connectivity index (χ1) is 38.0. The van der Waals surface area contributed by atoms with Crippen molar-refractivity contribution in [3.05, 3.63) is 85.1 Å². The second kappa shape index (κ2) is 65.1. The number of ether oxygens (including phenoxy) is 3. The molecule has 444 valence electrons. The number of hydrogen-bond acceptors (Lipinski definition) is 6. The molecule has 0 radical (unpaired) electrons. The second-order valence-electron chi connectivity index (χ2n) is 22.0. The first kappa shape index (κ1) is 73.6. The zero-order valence-corrected chi connectivity index (χ0v) is 51.0. The van der Waals surface area contributed by atoms with Crippen molar-refractivity contribution in [2.24, 2.45) is 0 Å². The van der Waals surface area contributed by atoms with Crippen LogP contribution in [-0.4, -0.2) is 37.2 Å². The third-order valence-electron chi connectivity index (χ3n) is 14.4. The van der Waals surface area contributed by atoms with Gasteiger partial charge < -0.3 is 14.2 Å². The van der Waals surface area contributed by atoms with E-state index >= 15 is 0 Å². The molecule has 0 rings (SSSR count). The summed E-state index contributed by atoms with van der Waals surface area (Å²) in [7, 11) is 0. The fraction of sp³-hybridized carbons (Fsp3) is 0.761. The van der Waals surface area contributed by atoms with Gasteiger partial charge >= 0.3 is 17.9 Å². The van der Waals surface area contributed by atoms with E-state index in [9.17, 15) is 14.4 Å². The van der Waals surface area contributed by atoms with Gasteiger partial charge in [-0.25, -0.2) is 0 Å². The van der Waals surface area contributed by atoms with Crippen LogP contribution in [0.25, 0.3) is 0 Å². The fourth-order valence-electron chi connectivity index (χ4n) is 9.40. The van der Waals surface area contributed by atoms with E-state index in [0.717, 1.165) is 103 Å². The van der Waals surface area contributed by atoms with E-state index in [4.69, 9.17) is 14.2 Å². The number of carbonyl (C=O) groups is 3. The molecule has 0 aromatic carbocycles. The normalized spacial score (nSPS) is 12.6. The van der Waals surface area contributed by atoms with E-state index in [2.05, 4.69) is 106 Å². The highest BCUT2D eigenvalue weighted by Gasteiger charge is 2.19. The molecule has 1 unspecified atom stereocenters. The molecule has 0 spiro atoms. The average molecular weight is 1070 g/mol. The number of allylic oxidation sites excluding steroid dienone is 14. The maximum atomic E-state index is 12.9. The Labute approximate surface area is 477 Å². The molecular formula is C71H124O6. The molecule has 0 aromatic rings. The summed E-state index contributed by atoms with van der Waals surface area (Å²) in [4.78, 5) is 38.4. The van der Waals surface area contributed by atoms with Gasteiger partial charge in [0.05, 0.1) is 0 Å². The lowest BCUT2D eigenvalue weighted by atomic mass is 10.1. The third-order valence-corrected chi connectivity index (χ3v) is 14.4. The zero-order valence-electron chi connectivity index (χ0n) is 51.0.